The first kappa shape index (κ1) is 12.3. The molecule has 0 fully saturated rings. The minimum Gasteiger partial charge on any atom is -0.0802 e. The lowest BCUT2D eigenvalue weighted by Crippen LogP contribution is -1.89. The third-order valence-corrected chi connectivity index (χ3v) is 2.91. The first-order chi connectivity index (χ1) is 7.09. The molecule has 0 saturated carbocycles. The van der Waals surface area contributed by atoms with Crippen LogP contribution in [0.4, 0.5) is 0 Å². The summed E-state index contributed by atoms with van der Waals surface area (Å²) in [5.41, 5.74) is 3.03. The Labute approximate surface area is 94.8 Å². The molecule has 1 rings (SSSR count). The molecule has 0 amide bonds. The van der Waals surface area contributed by atoms with E-state index in [2.05, 4.69) is 52.0 Å². The van der Waals surface area contributed by atoms with Crippen molar-refractivity contribution in [2.75, 3.05) is 0 Å². The van der Waals surface area contributed by atoms with Gasteiger partial charge < -0.3 is 0 Å². The lowest BCUT2D eigenvalue weighted by atomic mass is 10.0. The van der Waals surface area contributed by atoms with Gasteiger partial charge in [-0.3, -0.25) is 0 Å². The molecule has 0 spiro atoms. The molecule has 0 heteroatoms. The van der Waals surface area contributed by atoms with Gasteiger partial charge in [-0.15, -0.1) is 0 Å². The molecule has 0 aromatic carbocycles. The predicted octanol–water partition coefficient (Wildman–Crippen LogP) is 4.89. The minimum absolute atomic E-state index is 0.641. The van der Waals surface area contributed by atoms with Gasteiger partial charge in [0.1, 0.15) is 0 Å². The van der Waals surface area contributed by atoms with Crippen LogP contribution in [0.25, 0.3) is 0 Å². The highest BCUT2D eigenvalue weighted by Gasteiger charge is 2.03. The maximum absolute atomic E-state index is 2.33. The zero-order chi connectivity index (χ0) is 11.3. The zero-order valence-corrected chi connectivity index (χ0v) is 10.6. The van der Waals surface area contributed by atoms with Crippen LogP contribution in [-0.2, 0) is 0 Å². The van der Waals surface area contributed by atoms with Gasteiger partial charge in [0, 0.05) is 0 Å². The van der Waals surface area contributed by atoms with Crippen LogP contribution in [0.1, 0.15) is 47.0 Å². The Morgan fingerprint density at radius 3 is 2.47 bits per heavy atom. The lowest BCUT2D eigenvalue weighted by molar-refractivity contribution is 0.581. The number of hydrogen-bond donors (Lipinski definition) is 0. The van der Waals surface area contributed by atoms with E-state index in [1.807, 2.05) is 0 Å². The average molecular weight is 204 g/mol. The number of hydrogen-bond acceptors (Lipinski definition) is 0. The molecule has 0 aliphatic heterocycles. The van der Waals surface area contributed by atoms with Crippen molar-refractivity contribution in [1.29, 1.82) is 0 Å². The van der Waals surface area contributed by atoms with Crippen molar-refractivity contribution in [2.45, 2.75) is 47.0 Å². The Balaban J connectivity index is 2.58. The molecule has 1 aliphatic rings. The lowest BCUT2D eigenvalue weighted by Gasteiger charge is -2.05. The van der Waals surface area contributed by atoms with Crippen molar-refractivity contribution in [3.05, 3.63) is 35.5 Å². The van der Waals surface area contributed by atoms with Gasteiger partial charge in [0.05, 0.1) is 0 Å². The van der Waals surface area contributed by atoms with Gasteiger partial charge >= 0.3 is 0 Å². The molecule has 0 atom stereocenters. The summed E-state index contributed by atoms with van der Waals surface area (Å²) < 4.78 is 0. The second-order valence-corrected chi connectivity index (χ2v) is 5.19. The molecular formula is C15H24. The number of allylic oxidation sites excluding steroid dienone is 6. The van der Waals surface area contributed by atoms with Crippen LogP contribution in [-0.4, -0.2) is 0 Å². The van der Waals surface area contributed by atoms with Gasteiger partial charge in [-0.1, -0.05) is 57.6 Å². The molecule has 0 heterocycles. The van der Waals surface area contributed by atoms with Gasteiger partial charge in [-0.2, -0.15) is 0 Å². The zero-order valence-electron chi connectivity index (χ0n) is 10.6. The largest absolute Gasteiger partial charge is 0.0802 e. The quantitative estimate of drug-likeness (QED) is 0.611. The maximum atomic E-state index is 2.33. The van der Waals surface area contributed by atoms with Gasteiger partial charge in [0.25, 0.3) is 0 Å². The monoisotopic (exact) mass is 204 g/mol. The Morgan fingerprint density at radius 2 is 1.87 bits per heavy atom. The smallest absolute Gasteiger partial charge is 0.0132 e. The number of rotatable bonds is 4. The van der Waals surface area contributed by atoms with Crippen molar-refractivity contribution in [1.82, 2.24) is 0 Å². The van der Waals surface area contributed by atoms with Crippen LogP contribution in [0, 0.1) is 11.8 Å². The Kier molecular flexibility index (Phi) is 4.87. The molecule has 0 aromatic heterocycles. The van der Waals surface area contributed by atoms with Crippen molar-refractivity contribution in [3.8, 4) is 0 Å². The van der Waals surface area contributed by atoms with Gasteiger partial charge in [-0.25, -0.2) is 0 Å². The molecule has 0 saturated heterocycles. The molecular weight excluding hydrogens is 180 g/mol. The highest BCUT2D eigenvalue weighted by Crippen LogP contribution is 2.21. The summed E-state index contributed by atoms with van der Waals surface area (Å²) in [6.07, 6.45) is 12.9. The SMILES string of the molecule is CC(C)CCC1=CC=C(C(C)C)C=CC1. The van der Waals surface area contributed by atoms with E-state index in [0.717, 1.165) is 12.3 Å². The standard InChI is InChI=1S/C15H24/c1-12(2)8-9-14-6-5-7-15(11-10-14)13(3)4/h5,7,10-13H,6,8-9H2,1-4H3. The second-order valence-electron chi connectivity index (χ2n) is 5.19. The van der Waals surface area contributed by atoms with Crippen molar-refractivity contribution < 1.29 is 0 Å². The fourth-order valence-electron chi connectivity index (χ4n) is 1.73. The Morgan fingerprint density at radius 1 is 1.13 bits per heavy atom. The van der Waals surface area contributed by atoms with E-state index in [0.29, 0.717) is 5.92 Å². The van der Waals surface area contributed by atoms with Crippen LogP contribution >= 0.6 is 0 Å². The van der Waals surface area contributed by atoms with Crippen molar-refractivity contribution in [3.63, 3.8) is 0 Å². The molecule has 1 aliphatic carbocycles. The third-order valence-electron chi connectivity index (χ3n) is 2.91. The summed E-state index contributed by atoms with van der Waals surface area (Å²) >= 11 is 0. The summed E-state index contributed by atoms with van der Waals surface area (Å²) in [7, 11) is 0. The Bertz CT molecular complexity index is 274. The average Bonchev–Trinajstić information content (AvgIpc) is 2.39. The van der Waals surface area contributed by atoms with Crippen LogP contribution < -0.4 is 0 Å². The van der Waals surface area contributed by atoms with Crippen molar-refractivity contribution >= 4 is 0 Å². The van der Waals surface area contributed by atoms with E-state index < -0.39 is 0 Å². The fourth-order valence-corrected chi connectivity index (χ4v) is 1.73. The summed E-state index contributed by atoms with van der Waals surface area (Å²) in [6, 6.07) is 0. The van der Waals surface area contributed by atoms with E-state index in [1.165, 1.54) is 18.4 Å². The van der Waals surface area contributed by atoms with Crippen LogP contribution in [0.5, 0.6) is 0 Å². The van der Waals surface area contributed by atoms with Crippen molar-refractivity contribution in [2.24, 2.45) is 11.8 Å². The molecule has 0 nitrogen and oxygen atoms in total. The third kappa shape index (κ3) is 4.51. The molecule has 0 N–H and O–H groups in total. The molecule has 0 radical (unpaired) electrons. The van der Waals surface area contributed by atoms with Gasteiger partial charge in [0.15, 0.2) is 0 Å². The van der Waals surface area contributed by atoms with E-state index in [1.54, 1.807) is 5.57 Å². The maximum Gasteiger partial charge on any atom is -0.0132 e. The van der Waals surface area contributed by atoms with Crippen LogP contribution in [0.3, 0.4) is 0 Å². The van der Waals surface area contributed by atoms with Gasteiger partial charge in [-0.05, 0) is 36.7 Å². The second kappa shape index (κ2) is 5.95. The Hall–Kier alpha value is -0.780. The van der Waals surface area contributed by atoms with E-state index in [4.69, 9.17) is 0 Å². The highest BCUT2D eigenvalue weighted by atomic mass is 14.1. The predicted molar refractivity (Wildman–Crippen MR) is 68.8 cm³/mol. The summed E-state index contributed by atoms with van der Waals surface area (Å²) in [4.78, 5) is 0. The summed E-state index contributed by atoms with van der Waals surface area (Å²) in [6.45, 7) is 9.09. The minimum atomic E-state index is 0.641. The fraction of sp³-hybridized carbons (Fsp3) is 0.600. The molecule has 84 valence electrons. The molecule has 0 aromatic rings. The first-order valence-electron chi connectivity index (χ1n) is 6.15. The van der Waals surface area contributed by atoms with E-state index in [9.17, 15) is 0 Å². The normalized spacial score (nSPS) is 16.7. The molecule has 0 unspecified atom stereocenters. The van der Waals surface area contributed by atoms with E-state index >= 15 is 0 Å². The first-order valence-corrected chi connectivity index (χ1v) is 6.15. The topological polar surface area (TPSA) is 0 Å². The van der Waals surface area contributed by atoms with Crippen LogP contribution in [0.15, 0.2) is 35.5 Å². The van der Waals surface area contributed by atoms with Crippen LogP contribution in [0.2, 0.25) is 0 Å². The van der Waals surface area contributed by atoms with Gasteiger partial charge in [0.2, 0.25) is 0 Å². The molecule has 15 heavy (non-hydrogen) atoms. The van der Waals surface area contributed by atoms with E-state index in [-0.39, 0.29) is 0 Å². The summed E-state index contributed by atoms with van der Waals surface area (Å²) in [5, 5.41) is 0. The molecule has 0 bridgehead atoms. The highest BCUT2D eigenvalue weighted by molar-refractivity contribution is 5.31. The summed E-state index contributed by atoms with van der Waals surface area (Å²) in [5.74, 6) is 1.45.